The fourth-order valence-electron chi connectivity index (χ4n) is 3.99. The van der Waals surface area contributed by atoms with Gasteiger partial charge in [-0.25, -0.2) is 0 Å². The molecule has 1 amide bonds. The van der Waals surface area contributed by atoms with Crippen molar-refractivity contribution >= 4 is 5.91 Å². The lowest BCUT2D eigenvalue weighted by atomic mass is 9.99. The van der Waals surface area contributed by atoms with Crippen molar-refractivity contribution in [1.29, 1.82) is 0 Å². The molecule has 0 radical (unpaired) electrons. The maximum absolute atomic E-state index is 12.7. The number of nitrogens with zero attached hydrogens (tertiary/aromatic N) is 2. The van der Waals surface area contributed by atoms with Crippen LogP contribution in [0.2, 0.25) is 0 Å². The largest absolute Gasteiger partial charge is 0.497 e. The van der Waals surface area contributed by atoms with Crippen LogP contribution < -0.4 is 10.1 Å². The minimum atomic E-state index is -0.0815. The molecule has 0 unspecified atom stereocenters. The summed E-state index contributed by atoms with van der Waals surface area (Å²) in [6.45, 7) is 2.99. The van der Waals surface area contributed by atoms with Gasteiger partial charge in [-0.1, -0.05) is 18.2 Å². The number of methoxy groups -OCH3 is 1. The van der Waals surface area contributed by atoms with Crippen LogP contribution in [0.4, 0.5) is 0 Å². The molecule has 3 heterocycles. The third kappa shape index (κ3) is 4.28. The fourth-order valence-corrected chi connectivity index (χ4v) is 3.99. The highest BCUT2D eigenvalue weighted by atomic mass is 16.5. The summed E-state index contributed by atoms with van der Waals surface area (Å²) in [4.78, 5) is 19.1. The number of amides is 1. The highest BCUT2D eigenvalue weighted by Gasteiger charge is 2.44. The number of hydrogen-bond acceptors (Lipinski definition) is 5. The highest BCUT2D eigenvalue weighted by Crippen LogP contribution is 2.33. The van der Waals surface area contributed by atoms with Gasteiger partial charge >= 0.3 is 0 Å². The molecular weight excluding hydrogens is 342 g/mol. The van der Waals surface area contributed by atoms with E-state index in [2.05, 4.69) is 27.3 Å². The lowest BCUT2D eigenvalue weighted by Crippen LogP contribution is -2.44. The smallest absolute Gasteiger partial charge is 0.226 e. The number of nitrogens with one attached hydrogen (secondary N) is 1. The van der Waals surface area contributed by atoms with Crippen LogP contribution in [0, 0.1) is 5.92 Å². The van der Waals surface area contributed by atoms with E-state index in [4.69, 9.17) is 9.47 Å². The first kappa shape index (κ1) is 17.9. The molecule has 3 atom stereocenters. The molecule has 2 aliphatic rings. The molecule has 2 aromatic rings. The number of fused-ring (bicyclic) bond motifs is 2. The molecule has 0 aliphatic carbocycles. The SMILES string of the molecule is COc1cccc(CN2C[C@H]3C[C@@H](C(=O)NCc4cccnc4)[C@@H](C2)O3)c1. The number of hydrogen-bond donors (Lipinski definition) is 1. The zero-order valence-corrected chi connectivity index (χ0v) is 15.5. The predicted octanol–water partition coefficient (Wildman–Crippen LogP) is 2.00. The summed E-state index contributed by atoms with van der Waals surface area (Å²) in [7, 11) is 1.68. The summed E-state index contributed by atoms with van der Waals surface area (Å²) in [6, 6.07) is 12.0. The standard InChI is InChI=1S/C21H25N3O3/c1-26-17-6-2-4-15(8-17)12-24-13-18-9-19(20(14-24)27-18)21(25)23-11-16-5-3-7-22-10-16/h2-8,10,18-20H,9,11-14H2,1H3,(H,23,25)/t18-,19-,20-/m1/s1. The molecular formula is C21H25N3O3. The van der Waals surface area contributed by atoms with Gasteiger partial charge in [0.25, 0.3) is 0 Å². The van der Waals surface area contributed by atoms with Gasteiger partial charge in [0.15, 0.2) is 0 Å². The zero-order chi connectivity index (χ0) is 18.6. The van der Waals surface area contributed by atoms with Crippen molar-refractivity contribution in [1.82, 2.24) is 15.2 Å². The fraction of sp³-hybridized carbons (Fsp3) is 0.429. The van der Waals surface area contributed by atoms with E-state index in [9.17, 15) is 4.79 Å². The molecule has 6 heteroatoms. The van der Waals surface area contributed by atoms with E-state index in [0.29, 0.717) is 6.54 Å². The summed E-state index contributed by atoms with van der Waals surface area (Å²) >= 11 is 0. The minimum absolute atomic E-state index is 0.0387. The van der Waals surface area contributed by atoms with E-state index in [1.54, 1.807) is 19.5 Å². The molecule has 2 bridgehead atoms. The molecule has 1 aromatic carbocycles. The van der Waals surface area contributed by atoms with Crippen molar-refractivity contribution < 1.29 is 14.3 Å². The van der Waals surface area contributed by atoms with Gasteiger partial charge < -0.3 is 14.8 Å². The normalized spacial score (nSPS) is 24.6. The Bertz CT molecular complexity index is 783. The molecule has 2 aliphatic heterocycles. The molecule has 1 N–H and O–H groups in total. The van der Waals surface area contributed by atoms with Crippen LogP contribution in [0.3, 0.4) is 0 Å². The van der Waals surface area contributed by atoms with Gasteiger partial charge in [-0.15, -0.1) is 0 Å². The van der Waals surface area contributed by atoms with Gasteiger partial charge in [0.05, 0.1) is 25.2 Å². The summed E-state index contributed by atoms with van der Waals surface area (Å²) in [5, 5.41) is 3.04. The van der Waals surface area contributed by atoms with Gasteiger partial charge in [0, 0.05) is 38.6 Å². The minimum Gasteiger partial charge on any atom is -0.497 e. The number of morpholine rings is 1. The summed E-state index contributed by atoms with van der Waals surface area (Å²) in [5.74, 6) is 0.868. The van der Waals surface area contributed by atoms with Crippen LogP contribution in [0.25, 0.3) is 0 Å². The Hall–Kier alpha value is -2.44. The van der Waals surface area contributed by atoms with E-state index in [1.807, 2.05) is 24.3 Å². The molecule has 2 saturated heterocycles. The highest BCUT2D eigenvalue weighted by molar-refractivity contribution is 5.79. The van der Waals surface area contributed by atoms with Crippen LogP contribution in [0.1, 0.15) is 17.5 Å². The number of aromatic nitrogens is 1. The molecule has 2 fully saturated rings. The molecule has 4 rings (SSSR count). The van der Waals surface area contributed by atoms with Crippen molar-refractivity contribution in [3.63, 3.8) is 0 Å². The van der Waals surface area contributed by atoms with Gasteiger partial charge in [-0.3, -0.25) is 14.7 Å². The average molecular weight is 367 g/mol. The number of pyridine rings is 1. The summed E-state index contributed by atoms with van der Waals surface area (Å²) in [5.41, 5.74) is 2.22. The number of ether oxygens (including phenoxy) is 2. The van der Waals surface area contributed by atoms with E-state index in [1.165, 1.54) is 5.56 Å². The quantitative estimate of drug-likeness (QED) is 0.846. The van der Waals surface area contributed by atoms with Crippen LogP contribution in [0.15, 0.2) is 48.8 Å². The van der Waals surface area contributed by atoms with Crippen molar-refractivity contribution in [3.05, 3.63) is 59.9 Å². The second kappa shape index (κ2) is 8.06. The second-order valence-electron chi connectivity index (χ2n) is 7.26. The molecule has 0 saturated carbocycles. The third-order valence-corrected chi connectivity index (χ3v) is 5.30. The Morgan fingerprint density at radius 1 is 1.30 bits per heavy atom. The van der Waals surface area contributed by atoms with Crippen molar-refractivity contribution in [3.8, 4) is 5.75 Å². The van der Waals surface area contributed by atoms with Gasteiger partial charge in [0.2, 0.25) is 5.91 Å². The molecule has 142 valence electrons. The first-order chi connectivity index (χ1) is 13.2. The van der Waals surface area contributed by atoms with Crippen LogP contribution in [-0.4, -0.2) is 48.2 Å². The molecule has 27 heavy (non-hydrogen) atoms. The predicted molar refractivity (Wildman–Crippen MR) is 101 cm³/mol. The van der Waals surface area contributed by atoms with Gasteiger partial charge in [-0.2, -0.15) is 0 Å². The second-order valence-corrected chi connectivity index (χ2v) is 7.26. The Kier molecular flexibility index (Phi) is 5.36. The van der Waals surface area contributed by atoms with E-state index in [-0.39, 0.29) is 24.0 Å². The average Bonchev–Trinajstić information content (AvgIpc) is 3.01. The lowest BCUT2D eigenvalue weighted by Gasteiger charge is -2.32. The van der Waals surface area contributed by atoms with Gasteiger partial charge in [-0.05, 0) is 35.7 Å². The number of carbonyl (C=O) groups is 1. The number of likely N-dealkylation sites (tertiary alicyclic amines) is 1. The summed E-state index contributed by atoms with van der Waals surface area (Å²) in [6.07, 6.45) is 4.39. The van der Waals surface area contributed by atoms with Crippen molar-refractivity contribution in [2.24, 2.45) is 5.92 Å². The Balaban J connectivity index is 1.33. The molecule has 6 nitrogen and oxygen atoms in total. The zero-order valence-electron chi connectivity index (χ0n) is 15.5. The lowest BCUT2D eigenvalue weighted by molar-refractivity contribution is -0.128. The summed E-state index contributed by atoms with van der Waals surface area (Å²) < 4.78 is 11.4. The first-order valence-corrected chi connectivity index (χ1v) is 9.38. The van der Waals surface area contributed by atoms with Crippen molar-refractivity contribution in [2.45, 2.75) is 31.7 Å². The Morgan fingerprint density at radius 3 is 3.00 bits per heavy atom. The van der Waals surface area contributed by atoms with E-state index in [0.717, 1.165) is 37.4 Å². The van der Waals surface area contributed by atoms with E-state index < -0.39 is 0 Å². The van der Waals surface area contributed by atoms with Gasteiger partial charge in [0.1, 0.15) is 5.75 Å². The van der Waals surface area contributed by atoms with Crippen molar-refractivity contribution in [2.75, 3.05) is 20.2 Å². The first-order valence-electron chi connectivity index (χ1n) is 9.38. The number of benzene rings is 1. The van der Waals surface area contributed by atoms with Crippen LogP contribution in [0.5, 0.6) is 5.75 Å². The number of carbonyl (C=O) groups excluding carboxylic acids is 1. The van der Waals surface area contributed by atoms with Crippen LogP contribution in [-0.2, 0) is 22.6 Å². The maximum atomic E-state index is 12.7. The van der Waals surface area contributed by atoms with Crippen LogP contribution >= 0.6 is 0 Å². The topological polar surface area (TPSA) is 63.7 Å². The van der Waals surface area contributed by atoms with E-state index >= 15 is 0 Å². The third-order valence-electron chi connectivity index (χ3n) is 5.30. The molecule has 1 aromatic heterocycles. The Labute approximate surface area is 159 Å². The number of rotatable bonds is 6. The Morgan fingerprint density at radius 2 is 2.19 bits per heavy atom. The monoisotopic (exact) mass is 367 g/mol. The maximum Gasteiger partial charge on any atom is 0.226 e. The molecule has 0 spiro atoms.